The molecular formula is C13H17O3-. The molecule has 0 aliphatic heterocycles. The summed E-state index contributed by atoms with van der Waals surface area (Å²) in [4.78, 5) is 10.6. The average molecular weight is 221 g/mol. The number of rotatable bonds is 3. The molecule has 0 unspecified atom stereocenters. The highest BCUT2D eigenvalue weighted by molar-refractivity contribution is 5.69. The molecule has 0 saturated carbocycles. The van der Waals surface area contributed by atoms with Crippen molar-refractivity contribution in [3.63, 3.8) is 0 Å². The van der Waals surface area contributed by atoms with E-state index in [0.717, 1.165) is 5.56 Å². The van der Waals surface area contributed by atoms with Gasteiger partial charge in [0.25, 0.3) is 0 Å². The minimum absolute atomic E-state index is 0.00699. The summed E-state index contributed by atoms with van der Waals surface area (Å²) in [5.74, 6) is -0.499. The number of aliphatic carboxylic acids is 1. The number of carboxylic acids is 1. The first-order valence-corrected chi connectivity index (χ1v) is 5.22. The van der Waals surface area contributed by atoms with Crippen LogP contribution in [0, 0.1) is 0 Å². The fourth-order valence-corrected chi connectivity index (χ4v) is 1.54. The minimum atomic E-state index is -1.09. The van der Waals surface area contributed by atoms with Crippen LogP contribution >= 0.6 is 0 Å². The number of hydrogen-bond acceptors (Lipinski definition) is 3. The summed E-state index contributed by atoms with van der Waals surface area (Å²) < 4.78 is 5.12. The molecular weight excluding hydrogens is 204 g/mol. The lowest BCUT2D eigenvalue weighted by Crippen LogP contribution is -2.25. The van der Waals surface area contributed by atoms with E-state index >= 15 is 0 Å². The van der Waals surface area contributed by atoms with E-state index in [4.69, 9.17) is 4.74 Å². The molecule has 1 aromatic carbocycles. The fourth-order valence-electron chi connectivity index (χ4n) is 1.54. The molecule has 0 saturated heterocycles. The van der Waals surface area contributed by atoms with E-state index in [2.05, 4.69) is 20.8 Å². The number of hydrogen-bond donors (Lipinski definition) is 0. The first-order valence-electron chi connectivity index (χ1n) is 5.22. The Hall–Kier alpha value is -1.51. The molecule has 1 aromatic rings. The van der Waals surface area contributed by atoms with Crippen LogP contribution in [0.4, 0.5) is 0 Å². The van der Waals surface area contributed by atoms with Gasteiger partial charge in [0, 0.05) is 12.4 Å². The third-order valence-corrected chi connectivity index (χ3v) is 2.48. The zero-order valence-corrected chi connectivity index (χ0v) is 10.2. The molecule has 0 spiro atoms. The van der Waals surface area contributed by atoms with Gasteiger partial charge in [-0.15, -0.1) is 0 Å². The number of carbonyl (C=O) groups is 1. The van der Waals surface area contributed by atoms with Gasteiger partial charge in [-0.2, -0.15) is 0 Å². The van der Waals surface area contributed by atoms with Crippen molar-refractivity contribution in [2.75, 3.05) is 7.11 Å². The summed E-state index contributed by atoms with van der Waals surface area (Å²) in [5.41, 5.74) is 1.74. The highest BCUT2D eigenvalue weighted by Crippen LogP contribution is 2.28. The number of carboxylic acid groups (broad SMARTS) is 1. The summed E-state index contributed by atoms with van der Waals surface area (Å²) in [7, 11) is 1.53. The lowest BCUT2D eigenvalue weighted by Gasteiger charge is -2.21. The molecule has 3 nitrogen and oxygen atoms in total. The van der Waals surface area contributed by atoms with Crippen LogP contribution in [0.25, 0.3) is 0 Å². The van der Waals surface area contributed by atoms with Gasteiger partial charge in [0.1, 0.15) is 5.75 Å². The van der Waals surface area contributed by atoms with E-state index in [1.54, 1.807) is 6.07 Å². The number of methoxy groups -OCH3 is 1. The van der Waals surface area contributed by atoms with E-state index in [9.17, 15) is 9.90 Å². The Morgan fingerprint density at radius 1 is 1.38 bits per heavy atom. The molecule has 0 heterocycles. The molecule has 0 fully saturated rings. The third-order valence-electron chi connectivity index (χ3n) is 2.48. The summed E-state index contributed by atoms with van der Waals surface area (Å²) >= 11 is 0. The van der Waals surface area contributed by atoms with Gasteiger partial charge in [-0.1, -0.05) is 32.9 Å². The van der Waals surface area contributed by atoms with Gasteiger partial charge in [0.15, 0.2) is 0 Å². The molecule has 0 aromatic heterocycles. The van der Waals surface area contributed by atoms with Crippen LogP contribution in [0.2, 0.25) is 0 Å². The molecule has 0 aliphatic rings. The average Bonchev–Trinajstić information content (AvgIpc) is 2.15. The van der Waals surface area contributed by atoms with E-state index in [1.165, 1.54) is 7.11 Å². The summed E-state index contributed by atoms with van der Waals surface area (Å²) in [5, 5.41) is 10.6. The third kappa shape index (κ3) is 2.99. The predicted molar refractivity (Wildman–Crippen MR) is 60.4 cm³/mol. The Labute approximate surface area is 96.1 Å². The molecule has 16 heavy (non-hydrogen) atoms. The molecule has 0 aliphatic carbocycles. The molecule has 88 valence electrons. The van der Waals surface area contributed by atoms with Crippen molar-refractivity contribution < 1.29 is 14.6 Å². The van der Waals surface area contributed by atoms with Crippen LogP contribution < -0.4 is 9.84 Å². The minimum Gasteiger partial charge on any atom is -0.550 e. The van der Waals surface area contributed by atoms with Gasteiger partial charge in [-0.25, -0.2) is 0 Å². The van der Waals surface area contributed by atoms with Crippen LogP contribution in [-0.4, -0.2) is 13.1 Å². The second kappa shape index (κ2) is 4.56. The van der Waals surface area contributed by atoms with Gasteiger partial charge in [-0.3, -0.25) is 0 Å². The molecule has 0 amide bonds. The van der Waals surface area contributed by atoms with Crippen LogP contribution in [0.15, 0.2) is 18.2 Å². The van der Waals surface area contributed by atoms with Crippen molar-refractivity contribution in [2.24, 2.45) is 0 Å². The standard InChI is InChI=1S/C13H18O3/c1-13(2,3)10-5-6-11(16-4)9(7-10)8-12(14)15/h5-7H,8H2,1-4H3,(H,14,15)/p-1. The summed E-state index contributed by atoms with van der Waals surface area (Å²) in [6.07, 6.45) is -0.118. The van der Waals surface area contributed by atoms with Crippen LogP contribution in [0.5, 0.6) is 5.75 Å². The van der Waals surface area contributed by atoms with E-state index in [0.29, 0.717) is 11.3 Å². The maximum absolute atomic E-state index is 10.6. The Balaban J connectivity index is 3.16. The van der Waals surface area contributed by atoms with Gasteiger partial charge >= 0.3 is 0 Å². The Morgan fingerprint density at radius 2 is 2.00 bits per heavy atom. The predicted octanol–water partition coefficient (Wildman–Crippen LogP) is 1.29. The fraction of sp³-hybridized carbons (Fsp3) is 0.462. The Bertz CT molecular complexity index is 389. The van der Waals surface area contributed by atoms with Crippen molar-refractivity contribution >= 4 is 5.97 Å². The summed E-state index contributed by atoms with van der Waals surface area (Å²) in [6.45, 7) is 6.24. The van der Waals surface area contributed by atoms with Crippen molar-refractivity contribution in [1.29, 1.82) is 0 Å². The Kier molecular flexibility index (Phi) is 3.58. The zero-order chi connectivity index (χ0) is 12.3. The van der Waals surface area contributed by atoms with E-state index in [-0.39, 0.29) is 11.8 Å². The van der Waals surface area contributed by atoms with Crippen molar-refractivity contribution in [3.8, 4) is 5.75 Å². The molecule has 1 rings (SSSR count). The largest absolute Gasteiger partial charge is 0.550 e. The first kappa shape index (κ1) is 12.6. The van der Waals surface area contributed by atoms with Crippen molar-refractivity contribution in [2.45, 2.75) is 32.6 Å². The Morgan fingerprint density at radius 3 is 2.44 bits per heavy atom. The zero-order valence-electron chi connectivity index (χ0n) is 10.2. The number of carbonyl (C=O) groups excluding carboxylic acids is 1. The quantitative estimate of drug-likeness (QED) is 0.772. The van der Waals surface area contributed by atoms with Crippen molar-refractivity contribution in [1.82, 2.24) is 0 Å². The lowest BCUT2D eigenvalue weighted by atomic mass is 9.85. The highest BCUT2D eigenvalue weighted by atomic mass is 16.5. The maximum Gasteiger partial charge on any atom is 0.122 e. The first-order chi connectivity index (χ1) is 7.34. The van der Waals surface area contributed by atoms with Crippen LogP contribution in [0.1, 0.15) is 31.9 Å². The van der Waals surface area contributed by atoms with E-state index < -0.39 is 5.97 Å². The topological polar surface area (TPSA) is 49.4 Å². The maximum atomic E-state index is 10.6. The molecule has 0 N–H and O–H groups in total. The number of ether oxygens (including phenoxy) is 1. The van der Waals surface area contributed by atoms with Gasteiger partial charge in [-0.05, 0) is 22.6 Å². The molecule has 0 atom stereocenters. The van der Waals surface area contributed by atoms with Gasteiger partial charge in [0.2, 0.25) is 0 Å². The van der Waals surface area contributed by atoms with Gasteiger partial charge < -0.3 is 14.6 Å². The van der Waals surface area contributed by atoms with Crippen molar-refractivity contribution in [3.05, 3.63) is 29.3 Å². The lowest BCUT2D eigenvalue weighted by molar-refractivity contribution is -0.304. The molecule has 0 bridgehead atoms. The van der Waals surface area contributed by atoms with Gasteiger partial charge in [0.05, 0.1) is 7.11 Å². The second-order valence-electron chi connectivity index (χ2n) is 4.83. The SMILES string of the molecule is COc1ccc(C(C)(C)C)cc1CC(=O)[O-]. The molecule has 0 radical (unpaired) electrons. The van der Waals surface area contributed by atoms with Crippen LogP contribution in [-0.2, 0) is 16.6 Å². The smallest absolute Gasteiger partial charge is 0.122 e. The van der Waals surface area contributed by atoms with Crippen LogP contribution in [0.3, 0.4) is 0 Å². The monoisotopic (exact) mass is 221 g/mol. The number of benzene rings is 1. The highest BCUT2D eigenvalue weighted by Gasteiger charge is 2.15. The normalized spacial score (nSPS) is 11.2. The summed E-state index contributed by atoms with van der Waals surface area (Å²) in [6, 6.07) is 5.63. The van der Waals surface area contributed by atoms with E-state index in [1.807, 2.05) is 12.1 Å². The molecule has 3 heteroatoms. The second-order valence-corrected chi connectivity index (χ2v) is 4.83.